The van der Waals surface area contributed by atoms with E-state index in [1.165, 1.54) is 0 Å². The third-order valence-electron chi connectivity index (χ3n) is 4.43. The fraction of sp³-hybridized carbons (Fsp3) is 0.160. The number of nitrogens with one attached hydrogen (secondary N) is 1. The third kappa shape index (κ3) is 4.00. The van der Waals surface area contributed by atoms with E-state index in [1.54, 1.807) is 0 Å². The molecular weight excluding hydrogens is 314 g/mol. The van der Waals surface area contributed by atoms with Gasteiger partial charge in [-0.05, 0) is 28.3 Å². The van der Waals surface area contributed by atoms with Crippen molar-refractivity contribution >= 4 is 17.4 Å². The highest BCUT2D eigenvalue weighted by atomic mass is 14.5. The first kappa shape index (κ1) is 17.9. The molecule has 3 aromatic rings. The molecule has 0 saturated carbocycles. The van der Waals surface area contributed by atoms with Crippen LogP contribution in [0.5, 0.6) is 0 Å². The fourth-order valence-electron chi connectivity index (χ4n) is 2.99. The highest BCUT2D eigenvalue weighted by Crippen LogP contribution is 2.32. The van der Waals surface area contributed by atoms with Crippen LogP contribution < -0.4 is 0 Å². The van der Waals surface area contributed by atoms with Crippen LogP contribution in [0.2, 0.25) is 0 Å². The molecular formula is C25H25N. The Kier molecular flexibility index (Phi) is 5.18. The van der Waals surface area contributed by atoms with Gasteiger partial charge in [0.15, 0.2) is 0 Å². The first-order valence-corrected chi connectivity index (χ1v) is 8.98. The van der Waals surface area contributed by atoms with E-state index in [0.29, 0.717) is 5.71 Å². The number of hydrogen-bond donors (Lipinski definition) is 1. The van der Waals surface area contributed by atoms with Gasteiger partial charge in [-0.1, -0.05) is 106 Å². The highest BCUT2D eigenvalue weighted by molar-refractivity contribution is 6.08. The Morgan fingerprint density at radius 1 is 0.692 bits per heavy atom. The molecule has 130 valence electrons. The van der Waals surface area contributed by atoms with Crippen molar-refractivity contribution in [2.24, 2.45) is 5.41 Å². The molecule has 0 radical (unpaired) electrons. The van der Waals surface area contributed by atoms with E-state index in [0.717, 1.165) is 27.8 Å². The van der Waals surface area contributed by atoms with Gasteiger partial charge < -0.3 is 5.41 Å². The van der Waals surface area contributed by atoms with E-state index in [-0.39, 0.29) is 5.41 Å². The summed E-state index contributed by atoms with van der Waals surface area (Å²) < 4.78 is 0. The minimum Gasteiger partial charge on any atom is -0.304 e. The Morgan fingerprint density at radius 3 is 1.77 bits per heavy atom. The van der Waals surface area contributed by atoms with Crippen molar-refractivity contribution in [3.8, 4) is 0 Å². The summed E-state index contributed by atoms with van der Waals surface area (Å²) in [7, 11) is 0. The van der Waals surface area contributed by atoms with Gasteiger partial charge in [0.2, 0.25) is 0 Å². The molecule has 0 heterocycles. The van der Waals surface area contributed by atoms with E-state index in [4.69, 9.17) is 5.41 Å². The molecule has 0 unspecified atom stereocenters. The molecule has 0 saturated heterocycles. The van der Waals surface area contributed by atoms with Crippen molar-refractivity contribution in [3.63, 3.8) is 0 Å². The number of rotatable bonds is 4. The lowest BCUT2D eigenvalue weighted by Gasteiger charge is -2.23. The van der Waals surface area contributed by atoms with Gasteiger partial charge in [-0.3, -0.25) is 0 Å². The molecule has 1 nitrogen and oxygen atoms in total. The van der Waals surface area contributed by atoms with Crippen LogP contribution in [0.4, 0.5) is 0 Å². The van der Waals surface area contributed by atoms with Gasteiger partial charge in [-0.15, -0.1) is 0 Å². The van der Waals surface area contributed by atoms with Gasteiger partial charge >= 0.3 is 0 Å². The quantitative estimate of drug-likeness (QED) is 0.404. The fourth-order valence-corrected chi connectivity index (χ4v) is 2.99. The average Bonchev–Trinajstić information content (AvgIpc) is 2.66. The van der Waals surface area contributed by atoms with Crippen molar-refractivity contribution in [2.45, 2.75) is 20.8 Å². The summed E-state index contributed by atoms with van der Waals surface area (Å²) in [5.74, 6) is 0. The normalized spacial score (nSPS) is 12.0. The minimum absolute atomic E-state index is 0.204. The predicted octanol–water partition coefficient (Wildman–Crippen LogP) is 6.69. The summed E-state index contributed by atoms with van der Waals surface area (Å²) in [6.45, 7) is 6.28. The van der Waals surface area contributed by atoms with Crippen LogP contribution in [0.25, 0.3) is 11.6 Å². The molecule has 3 rings (SSSR count). The Balaban J connectivity index is 2.22. The van der Waals surface area contributed by atoms with Crippen LogP contribution in [0, 0.1) is 10.8 Å². The summed E-state index contributed by atoms with van der Waals surface area (Å²) in [4.78, 5) is 0. The van der Waals surface area contributed by atoms with Crippen LogP contribution in [0.1, 0.15) is 43.0 Å². The standard InChI is InChI=1S/C25H25N/c1-25(2,3)24(26)22-17-11-10-16-21(22)23(20-14-8-5-9-15-20)18-19-12-6-4-7-13-19/h4-18,26H,1-3H3/b23-18+,26-24?. The van der Waals surface area contributed by atoms with Crippen LogP contribution >= 0.6 is 0 Å². The average molecular weight is 339 g/mol. The van der Waals surface area contributed by atoms with Crippen LogP contribution in [-0.4, -0.2) is 5.71 Å². The van der Waals surface area contributed by atoms with E-state index in [1.807, 2.05) is 18.2 Å². The molecule has 1 heteroatoms. The second kappa shape index (κ2) is 7.53. The molecule has 0 fully saturated rings. The van der Waals surface area contributed by atoms with Crippen LogP contribution in [-0.2, 0) is 0 Å². The molecule has 3 aromatic carbocycles. The van der Waals surface area contributed by atoms with E-state index < -0.39 is 0 Å². The first-order chi connectivity index (χ1) is 12.5. The van der Waals surface area contributed by atoms with Gasteiger partial charge in [-0.25, -0.2) is 0 Å². The second-order valence-corrected chi connectivity index (χ2v) is 7.51. The molecule has 0 aliphatic carbocycles. The molecule has 0 bridgehead atoms. The molecule has 0 spiro atoms. The SMILES string of the molecule is CC(C)(C)C(=N)c1ccccc1/C(=C/c1ccccc1)c1ccccc1. The maximum Gasteiger partial charge on any atom is 0.0445 e. The Morgan fingerprint density at radius 2 is 1.19 bits per heavy atom. The molecule has 0 atom stereocenters. The Bertz CT molecular complexity index is 913. The summed E-state index contributed by atoms with van der Waals surface area (Å²) in [5.41, 5.74) is 6.00. The van der Waals surface area contributed by atoms with E-state index >= 15 is 0 Å². The molecule has 0 amide bonds. The second-order valence-electron chi connectivity index (χ2n) is 7.51. The van der Waals surface area contributed by atoms with Crippen LogP contribution in [0.3, 0.4) is 0 Å². The summed E-state index contributed by atoms with van der Waals surface area (Å²) >= 11 is 0. The van der Waals surface area contributed by atoms with Crippen molar-refractivity contribution in [1.82, 2.24) is 0 Å². The molecule has 0 aliphatic heterocycles. The lowest BCUT2D eigenvalue weighted by atomic mass is 9.81. The highest BCUT2D eigenvalue weighted by Gasteiger charge is 2.22. The smallest absolute Gasteiger partial charge is 0.0445 e. The minimum atomic E-state index is -0.204. The van der Waals surface area contributed by atoms with Gasteiger partial charge in [-0.2, -0.15) is 0 Å². The lowest BCUT2D eigenvalue weighted by molar-refractivity contribution is 0.588. The Hall–Kier alpha value is -2.93. The van der Waals surface area contributed by atoms with Crippen molar-refractivity contribution in [2.75, 3.05) is 0 Å². The van der Waals surface area contributed by atoms with E-state index in [2.05, 4.69) is 93.6 Å². The zero-order valence-corrected chi connectivity index (χ0v) is 15.7. The summed E-state index contributed by atoms with van der Waals surface area (Å²) in [5, 5.41) is 8.73. The molecule has 1 N–H and O–H groups in total. The van der Waals surface area contributed by atoms with Crippen LogP contribution in [0.15, 0.2) is 84.9 Å². The van der Waals surface area contributed by atoms with E-state index in [9.17, 15) is 0 Å². The molecule has 0 aliphatic rings. The topological polar surface area (TPSA) is 23.9 Å². The zero-order valence-electron chi connectivity index (χ0n) is 15.7. The van der Waals surface area contributed by atoms with Crippen molar-refractivity contribution in [1.29, 1.82) is 5.41 Å². The Labute approximate surface area is 156 Å². The van der Waals surface area contributed by atoms with Crippen molar-refractivity contribution in [3.05, 3.63) is 107 Å². The van der Waals surface area contributed by atoms with Gasteiger partial charge in [0.25, 0.3) is 0 Å². The van der Waals surface area contributed by atoms with Crippen molar-refractivity contribution < 1.29 is 0 Å². The maximum atomic E-state index is 8.73. The molecule has 26 heavy (non-hydrogen) atoms. The maximum absolute atomic E-state index is 8.73. The lowest BCUT2D eigenvalue weighted by Crippen LogP contribution is -2.21. The summed E-state index contributed by atoms with van der Waals surface area (Å²) in [6.07, 6.45) is 2.21. The monoisotopic (exact) mass is 339 g/mol. The first-order valence-electron chi connectivity index (χ1n) is 8.98. The zero-order chi connectivity index (χ0) is 18.6. The summed E-state index contributed by atoms with van der Waals surface area (Å²) in [6, 6.07) is 29.0. The number of benzene rings is 3. The predicted molar refractivity (Wildman–Crippen MR) is 113 cm³/mol. The molecule has 0 aromatic heterocycles. The van der Waals surface area contributed by atoms with Gasteiger partial charge in [0, 0.05) is 16.7 Å². The third-order valence-corrected chi connectivity index (χ3v) is 4.43. The largest absolute Gasteiger partial charge is 0.304 e. The van der Waals surface area contributed by atoms with Gasteiger partial charge in [0.1, 0.15) is 0 Å². The van der Waals surface area contributed by atoms with Gasteiger partial charge in [0.05, 0.1) is 0 Å². The number of hydrogen-bond acceptors (Lipinski definition) is 1.